The second-order valence-corrected chi connectivity index (χ2v) is 8.81. The topological polar surface area (TPSA) is 70.5 Å². The third-order valence-electron chi connectivity index (χ3n) is 5.09. The summed E-state index contributed by atoms with van der Waals surface area (Å²) in [7, 11) is 1.36. The van der Waals surface area contributed by atoms with E-state index >= 15 is 0 Å². The maximum absolute atomic E-state index is 13.5. The van der Waals surface area contributed by atoms with Crippen LogP contribution in [0.5, 0.6) is 0 Å². The quantitative estimate of drug-likeness (QED) is 0.414. The molecule has 1 aromatic carbocycles. The molecule has 6 nitrogen and oxygen atoms in total. The number of hydrogen-bond acceptors (Lipinski definition) is 6. The maximum Gasteiger partial charge on any atom is 0.308 e. The number of benzene rings is 1. The lowest BCUT2D eigenvalue weighted by atomic mass is 9.97. The number of methoxy groups -OCH3 is 1. The Labute approximate surface area is 192 Å². The smallest absolute Gasteiger partial charge is 0.308 e. The van der Waals surface area contributed by atoms with Gasteiger partial charge in [-0.05, 0) is 55.6 Å². The minimum atomic E-state index is -0.858. The number of nitrogens with zero attached hydrogens (tertiary/aromatic N) is 2. The number of carbonyl (C=O) groups is 1. The molecule has 0 aliphatic carbocycles. The molecule has 2 heterocycles. The van der Waals surface area contributed by atoms with Crippen LogP contribution >= 0.6 is 11.6 Å². The van der Waals surface area contributed by atoms with Crippen molar-refractivity contribution in [2.24, 2.45) is 0 Å². The van der Waals surface area contributed by atoms with Gasteiger partial charge in [-0.3, -0.25) is 4.79 Å². The third kappa shape index (κ3) is 6.12. The van der Waals surface area contributed by atoms with Crippen molar-refractivity contribution in [2.45, 2.75) is 64.4 Å². The number of esters is 1. The largest absolute Gasteiger partial charge is 0.469 e. The molecule has 0 spiro atoms. The predicted octanol–water partition coefficient (Wildman–Crippen LogP) is 5.55. The summed E-state index contributed by atoms with van der Waals surface area (Å²) in [6, 6.07) is 6.09. The Morgan fingerprint density at radius 1 is 1.28 bits per heavy atom. The first-order valence-electron chi connectivity index (χ1n) is 10.5. The van der Waals surface area contributed by atoms with Crippen LogP contribution < -0.4 is 0 Å². The number of rotatable bonds is 6. The van der Waals surface area contributed by atoms with Crippen LogP contribution in [0, 0.1) is 5.82 Å². The molecular formula is C24H28ClFN2O4. The van der Waals surface area contributed by atoms with Crippen molar-refractivity contribution in [1.29, 1.82) is 0 Å². The average molecular weight is 463 g/mol. The summed E-state index contributed by atoms with van der Waals surface area (Å²) in [6.45, 7) is 7.66. The van der Waals surface area contributed by atoms with E-state index in [0.717, 1.165) is 16.8 Å². The van der Waals surface area contributed by atoms with Gasteiger partial charge in [-0.2, -0.15) is 0 Å². The highest BCUT2D eigenvalue weighted by atomic mass is 35.5. The van der Waals surface area contributed by atoms with Gasteiger partial charge < -0.3 is 14.2 Å². The van der Waals surface area contributed by atoms with Crippen molar-refractivity contribution < 1.29 is 23.4 Å². The van der Waals surface area contributed by atoms with Crippen molar-refractivity contribution in [3.05, 3.63) is 52.7 Å². The van der Waals surface area contributed by atoms with E-state index in [9.17, 15) is 9.18 Å². The second kappa shape index (κ2) is 10.1. The lowest BCUT2D eigenvalue weighted by molar-refractivity contribution is -0.290. The van der Waals surface area contributed by atoms with E-state index in [2.05, 4.69) is 9.97 Å². The first kappa shape index (κ1) is 24.3. The van der Waals surface area contributed by atoms with Crippen LogP contribution in [0.25, 0.3) is 17.3 Å². The first-order valence-corrected chi connectivity index (χ1v) is 10.9. The van der Waals surface area contributed by atoms with E-state index in [1.54, 1.807) is 12.1 Å². The van der Waals surface area contributed by atoms with Crippen LogP contribution in [-0.2, 0) is 19.0 Å². The van der Waals surface area contributed by atoms with Gasteiger partial charge in [-0.1, -0.05) is 26.0 Å². The minimum Gasteiger partial charge on any atom is -0.469 e. The number of ether oxygens (including phenoxy) is 3. The van der Waals surface area contributed by atoms with E-state index in [-0.39, 0.29) is 41.6 Å². The maximum atomic E-state index is 13.5. The fourth-order valence-corrected chi connectivity index (χ4v) is 3.93. The molecule has 172 valence electrons. The van der Waals surface area contributed by atoms with E-state index in [4.69, 9.17) is 25.8 Å². The molecule has 0 radical (unpaired) electrons. The Bertz CT molecular complexity index is 992. The highest BCUT2D eigenvalue weighted by molar-refractivity contribution is 6.28. The van der Waals surface area contributed by atoms with Crippen LogP contribution in [0.1, 0.15) is 57.7 Å². The van der Waals surface area contributed by atoms with Crippen molar-refractivity contribution >= 4 is 23.6 Å². The molecule has 0 saturated carbocycles. The molecule has 2 atom stereocenters. The molecule has 1 fully saturated rings. The number of aromatic nitrogens is 2. The molecule has 1 aliphatic rings. The van der Waals surface area contributed by atoms with Gasteiger partial charge in [0.15, 0.2) is 5.79 Å². The molecule has 2 aromatic rings. The molecule has 32 heavy (non-hydrogen) atoms. The Morgan fingerprint density at radius 2 is 1.97 bits per heavy atom. The average Bonchev–Trinajstić information content (AvgIpc) is 2.71. The van der Waals surface area contributed by atoms with Crippen LogP contribution in [0.2, 0.25) is 5.28 Å². The summed E-state index contributed by atoms with van der Waals surface area (Å²) >= 11 is 6.21. The zero-order valence-corrected chi connectivity index (χ0v) is 19.6. The van der Waals surface area contributed by atoms with Gasteiger partial charge in [0.2, 0.25) is 5.28 Å². The molecule has 0 amide bonds. The predicted molar refractivity (Wildman–Crippen MR) is 121 cm³/mol. The van der Waals surface area contributed by atoms with Crippen LogP contribution in [-0.4, -0.2) is 41.0 Å². The Hall–Kier alpha value is -2.35. The van der Waals surface area contributed by atoms with Gasteiger partial charge in [0.05, 0.1) is 37.1 Å². The van der Waals surface area contributed by atoms with Crippen molar-refractivity contribution in [2.75, 3.05) is 7.11 Å². The lowest BCUT2D eigenvalue weighted by Crippen LogP contribution is -2.44. The van der Waals surface area contributed by atoms with Gasteiger partial charge in [0, 0.05) is 17.5 Å². The molecule has 8 heteroatoms. The van der Waals surface area contributed by atoms with E-state index < -0.39 is 5.79 Å². The molecule has 0 N–H and O–H groups in total. The van der Waals surface area contributed by atoms with Gasteiger partial charge in [0.25, 0.3) is 0 Å². The van der Waals surface area contributed by atoms with Crippen LogP contribution in [0.3, 0.4) is 0 Å². The van der Waals surface area contributed by atoms with Gasteiger partial charge >= 0.3 is 5.97 Å². The van der Waals surface area contributed by atoms with Gasteiger partial charge in [0.1, 0.15) is 5.82 Å². The Morgan fingerprint density at radius 3 is 2.59 bits per heavy atom. The Balaban J connectivity index is 1.97. The fourth-order valence-electron chi connectivity index (χ4n) is 3.76. The Kier molecular flexibility index (Phi) is 7.64. The van der Waals surface area contributed by atoms with Crippen molar-refractivity contribution in [3.8, 4) is 11.3 Å². The summed E-state index contributed by atoms with van der Waals surface area (Å²) < 4.78 is 30.2. The minimum absolute atomic E-state index is 0.0773. The molecular weight excluding hydrogens is 435 g/mol. The molecule has 0 unspecified atom stereocenters. The number of hydrogen-bond donors (Lipinski definition) is 0. The number of halogens is 2. The summed E-state index contributed by atoms with van der Waals surface area (Å²) in [5.41, 5.74) is 2.91. The van der Waals surface area contributed by atoms with Crippen LogP contribution in [0.15, 0.2) is 30.3 Å². The second-order valence-electron chi connectivity index (χ2n) is 8.47. The van der Waals surface area contributed by atoms with Gasteiger partial charge in [-0.25, -0.2) is 14.4 Å². The zero-order valence-electron chi connectivity index (χ0n) is 18.9. The van der Waals surface area contributed by atoms with Crippen molar-refractivity contribution in [1.82, 2.24) is 9.97 Å². The summed E-state index contributed by atoms with van der Waals surface area (Å²) in [5.74, 6) is -1.44. The van der Waals surface area contributed by atoms with E-state index in [1.807, 2.05) is 39.8 Å². The first-order chi connectivity index (χ1) is 15.1. The normalized spacial score (nSPS) is 20.6. The zero-order chi connectivity index (χ0) is 23.5. The fraction of sp³-hybridized carbons (Fsp3) is 0.458. The third-order valence-corrected chi connectivity index (χ3v) is 5.26. The molecule has 1 saturated heterocycles. The van der Waals surface area contributed by atoms with Gasteiger partial charge in [-0.15, -0.1) is 0 Å². The SMILES string of the molecule is COC(=O)C[C@H]1C[C@@H](/C=C/c2c(-c3ccc(F)cc3)nc(Cl)nc2C(C)C)OC(C)(C)O1. The number of carbonyl (C=O) groups excluding carboxylic acids is 1. The molecule has 1 aliphatic heterocycles. The summed E-state index contributed by atoms with van der Waals surface area (Å²) in [4.78, 5) is 20.6. The standard InChI is InChI=1S/C24H28ClFN2O4/c1-14(2)21-19(22(28-23(25)27-21)15-6-8-16(26)9-7-15)11-10-17-12-18(13-20(29)30-5)32-24(3,4)31-17/h6-11,14,17-18H,12-13H2,1-5H3/b11-10+/t17-,18-/m1/s1. The monoisotopic (exact) mass is 462 g/mol. The highest BCUT2D eigenvalue weighted by Gasteiger charge is 2.35. The summed E-state index contributed by atoms with van der Waals surface area (Å²) in [5, 5.41) is 0.131. The highest BCUT2D eigenvalue weighted by Crippen LogP contribution is 2.33. The molecule has 0 bridgehead atoms. The molecule has 1 aromatic heterocycles. The van der Waals surface area contributed by atoms with E-state index in [0.29, 0.717) is 12.1 Å². The summed E-state index contributed by atoms with van der Waals surface area (Å²) in [6.07, 6.45) is 3.84. The van der Waals surface area contributed by atoms with Crippen LogP contribution in [0.4, 0.5) is 4.39 Å². The lowest BCUT2D eigenvalue weighted by Gasteiger charge is -2.39. The van der Waals surface area contributed by atoms with Crippen molar-refractivity contribution in [3.63, 3.8) is 0 Å². The molecule has 3 rings (SSSR count). The van der Waals surface area contributed by atoms with E-state index in [1.165, 1.54) is 19.2 Å².